The molecule has 1 atom stereocenters. The van der Waals surface area contributed by atoms with E-state index in [0.717, 1.165) is 26.2 Å². The van der Waals surface area contributed by atoms with Crippen molar-refractivity contribution in [2.45, 2.75) is 27.2 Å². The van der Waals surface area contributed by atoms with Gasteiger partial charge in [0.2, 0.25) is 0 Å². The van der Waals surface area contributed by atoms with Gasteiger partial charge in [0.1, 0.15) is 0 Å². The van der Waals surface area contributed by atoms with Crippen LogP contribution in [0, 0.1) is 11.8 Å². The quantitative estimate of drug-likeness (QED) is 0.197. The van der Waals surface area contributed by atoms with E-state index in [4.69, 9.17) is 4.74 Å². The van der Waals surface area contributed by atoms with Gasteiger partial charge in [0, 0.05) is 33.4 Å². The summed E-state index contributed by atoms with van der Waals surface area (Å²) in [4.78, 5) is 15.4. The molecule has 21 heavy (non-hydrogen) atoms. The summed E-state index contributed by atoms with van der Waals surface area (Å²) in [5, 5.41) is 6.27. The third kappa shape index (κ3) is 12.9. The van der Waals surface area contributed by atoms with Gasteiger partial charge in [-0.25, -0.2) is 0 Å². The first-order valence-electron chi connectivity index (χ1n) is 7.11. The second-order valence-electron chi connectivity index (χ2n) is 5.13. The number of nitrogens with zero attached hydrogens (tertiary/aromatic N) is 1. The number of rotatable bonds is 9. The SMILES string of the molecule is CN=C(NCCCOCC(C)C)NCC(C)C(=O)OC.I. The average Bonchev–Trinajstić information content (AvgIpc) is 2.44. The number of hydrogen-bond donors (Lipinski definition) is 2. The molecule has 126 valence electrons. The molecule has 0 aromatic heterocycles. The van der Waals surface area contributed by atoms with Crippen molar-refractivity contribution in [1.82, 2.24) is 10.6 Å². The molecule has 0 saturated carbocycles. The maximum atomic E-state index is 11.3. The summed E-state index contributed by atoms with van der Waals surface area (Å²) in [7, 11) is 3.09. The van der Waals surface area contributed by atoms with Crippen molar-refractivity contribution < 1.29 is 14.3 Å². The van der Waals surface area contributed by atoms with E-state index in [1.165, 1.54) is 7.11 Å². The Labute approximate surface area is 145 Å². The lowest BCUT2D eigenvalue weighted by Crippen LogP contribution is -2.41. The third-order valence-electron chi connectivity index (χ3n) is 2.61. The minimum Gasteiger partial charge on any atom is -0.469 e. The van der Waals surface area contributed by atoms with Crippen molar-refractivity contribution in [2.24, 2.45) is 16.8 Å². The molecule has 0 rings (SSSR count). The zero-order chi connectivity index (χ0) is 15.4. The van der Waals surface area contributed by atoms with Crippen LogP contribution in [0.3, 0.4) is 0 Å². The number of hydrogen-bond acceptors (Lipinski definition) is 4. The molecule has 0 amide bonds. The van der Waals surface area contributed by atoms with Crippen LogP contribution in [0.5, 0.6) is 0 Å². The summed E-state index contributed by atoms with van der Waals surface area (Å²) in [6.45, 7) is 8.88. The van der Waals surface area contributed by atoms with Crippen molar-refractivity contribution in [1.29, 1.82) is 0 Å². The van der Waals surface area contributed by atoms with Crippen LogP contribution in [0.2, 0.25) is 0 Å². The lowest BCUT2D eigenvalue weighted by atomic mass is 10.2. The molecule has 0 aromatic carbocycles. The van der Waals surface area contributed by atoms with Gasteiger partial charge in [-0.2, -0.15) is 0 Å². The van der Waals surface area contributed by atoms with Crippen molar-refractivity contribution >= 4 is 35.9 Å². The monoisotopic (exact) mass is 415 g/mol. The molecule has 0 aliphatic heterocycles. The van der Waals surface area contributed by atoms with E-state index < -0.39 is 0 Å². The van der Waals surface area contributed by atoms with Crippen LogP contribution >= 0.6 is 24.0 Å². The number of halogens is 1. The molecule has 0 aliphatic rings. The van der Waals surface area contributed by atoms with Crippen LogP contribution in [0.1, 0.15) is 27.2 Å². The molecule has 0 saturated heterocycles. The Kier molecular flexibility index (Phi) is 15.5. The molecule has 0 aromatic rings. The summed E-state index contributed by atoms with van der Waals surface area (Å²) >= 11 is 0. The van der Waals surface area contributed by atoms with Crippen LogP contribution in [0.4, 0.5) is 0 Å². The van der Waals surface area contributed by atoms with Crippen molar-refractivity contribution in [2.75, 3.05) is 40.5 Å². The molecular formula is C14H30IN3O3. The number of methoxy groups -OCH3 is 1. The van der Waals surface area contributed by atoms with Gasteiger partial charge in [-0.15, -0.1) is 24.0 Å². The van der Waals surface area contributed by atoms with Crippen LogP contribution in [0.15, 0.2) is 4.99 Å². The summed E-state index contributed by atoms with van der Waals surface area (Å²) in [6, 6.07) is 0. The maximum absolute atomic E-state index is 11.3. The molecule has 7 heteroatoms. The highest BCUT2D eigenvalue weighted by atomic mass is 127. The van der Waals surface area contributed by atoms with Crippen LogP contribution in [-0.4, -0.2) is 52.4 Å². The molecule has 0 radical (unpaired) electrons. The third-order valence-corrected chi connectivity index (χ3v) is 2.61. The van der Waals surface area contributed by atoms with Crippen molar-refractivity contribution in [3.05, 3.63) is 0 Å². The van der Waals surface area contributed by atoms with Gasteiger partial charge in [-0.05, 0) is 12.3 Å². The minimum absolute atomic E-state index is 0. The first-order chi connectivity index (χ1) is 9.51. The molecule has 0 heterocycles. The highest BCUT2D eigenvalue weighted by Gasteiger charge is 2.12. The normalized spacial score (nSPS) is 12.6. The maximum Gasteiger partial charge on any atom is 0.310 e. The standard InChI is InChI=1S/C14H29N3O3.HI/c1-11(2)10-20-8-6-7-16-14(15-4)17-9-12(3)13(18)19-5;/h11-12H,6-10H2,1-5H3,(H2,15,16,17);1H. The largest absolute Gasteiger partial charge is 0.469 e. The van der Waals surface area contributed by atoms with E-state index in [9.17, 15) is 4.79 Å². The number of esters is 1. The Bertz CT molecular complexity index is 299. The Morgan fingerprint density at radius 3 is 2.43 bits per heavy atom. The number of carbonyl (C=O) groups is 1. The lowest BCUT2D eigenvalue weighted by Gasteiger charge is -2.14. The van der Waals surface area contributed by atoms with E-state index in [1.807, 2.05) is 6.92 Å². The lowest BCUT2D eigenvalue weighted by molar-refractivity contribution is -0.144. The average molecular weight is 415 g/mol. The number of carbonyl (C=O) groups excluding carboxylic acids is 1. The summed E-state index contributed by atoms with van der Waals surface area (Å²) in [6.07, 6.45) is 0.917. The first-order valence-corrected chi connectivity index (χ1v) is 7.11. The van der Waals surface area contributed by atoms with E-state index in [0.29, 0.717) is 18.4 Å². The predicted molar refractivity (Wildman–Crippen MR) is 96.2 cm³/mol. The zero-order valence-corrected chi connectivity index (χ0v) is 16.1. The number of ether oxygens (including phenoxy) is 2. The summed E-state index contributed by atoms with van der Waals surface area (Å²) in [5.41, 5.74) is 0. The van der Waals surface area contributed by atoms with Gasteiger partial charge in [-0.1, -0.05) is 20.8 Å². The smallest absolute Gasteiger partial charge is 0.310 e. The molecule has 2 N–H and O–H groups in total. The Hall–Kier alpha value is -0.570. The van der Waals surface area contributed by atoms with Gasteiger partial charge in [0.25, 0.3) is 0 Å². The zero-order valence-electron chi connectivity index (χ0n) is 13.8. The second-order valence-corrected chi connectivity index (χ2v) is 5.13. The highest BCUT2D eigenvalue weighted by Crippen LogP contribution is 1.95. The number of guanidine groups is 1. The Morgan fingerprint density at radius 2 is 1.90 bits per heavy atom. The van der Waals surface area contributed by atoms with Gasteiger partial charge >= 0.3 is 5.97 Å². The molecule has 1 unspecified atom stereocenters. The van der Waals surface area contributed by atoms with Gasteiger partial charge in [-0.3, -0.25) is 9.79 Å². The fourth-order valence-corrected chi connectivity index (χ4v) is 1.45. The van der Waals surface area contributed by atoms with Gasteiger partial charge < -0.3 is 20.1 Å². The van der Waals surface area contributed by atoms with E-state index >= 15 is 0 Å². The first kappa shape index (κ1) is 22.7. The number of nitrogens with one attached hydrogen (secondary N) is 2. The van der Waals surface area contributed by atoms with Crippen LogP contribution in [-0.2, 0) is 14.3 Å². The number of aliphatic imine (C=N–C) groups is 1. The minimum atomic E-state index is -0.227. The van der Waals surface area contributed by atoms with E-state index in [-0.39, 0.29) is 35.9 Å². The summed E-state index contributed by atoms with van der Waals surface area (Å²) in [5.74, 6) is 0.824. The van der Waals surface area contributed by atoms with Crippen LogP contribution in [0.25, 0.3) is 0 Å². The van der Waals surface area contributed by atoms with Crippen molar-refractivity contribution in [3.8, 4) is 0 Å². The van der Waals surface area contributed by atoms with E-state index in [1.54, 1.807) is 7.05 Å². The molecular weight excluding hydrogens is 385 g/mol. The Balaban J connectivity index is 0. The summed E-state index contributed by atoms with van der Waals surface area (Å²) < 4.78 is 10.2. The molecule has 0 bridgehead atoms. The molecule has 0 fully saturated rings. The second kappa shape index (κ2) is 14.4. The fourth-order valence-electron chi connectivity index (χ4n) is 1.45. The Morgan fingerprint density at radius 1 is 1.24 bits per heavy atom. The van der Waals surface area contributed by atoms with E-state index in [2.05, 4.69) is 34.2 Å². The van der Waals surface area contributed by atoms with Crippen LogP contribution < -0.4 is 10.6 Å². The topological polar surface area (TPSA) is 72.0 Å². The molecule has 0 spiro atoms. The van der Waals surface area contributed by atoms with Gasteiger partial charge in [0.05, 0.1) is 13.0 Å². The predicted octanol–water partition coefficient (Wildman–Crippen LogP) is 1.64. The van der Waals surface area contributed by atoms with Gasteiger partial charge in [0.15, 0.2) is 5.96 Å². The molecule has 0 aliphatic carbocycles. The molecule has 6 nitrogen and oxygen atoms in total. The fraction of sp³-hybridized carbons (Fsp3) is 0.857. The van der Waals surface area contributed by atoms with Crippen molar-refractivity contribution in [3.63, 3.8) is 0 Å². The highest BCUT2D eigenvalue weighted by molar-refractivity contribution is 14.0.